The zero-order chi connectivity index (χ0) is 6.85. The van der Waals surface area contributed by atoms with Crippen LogP contribution in [-0.4, -0.2) is 0 Å². The third-order valence-corrected chi connectivity index (χ3v) is 1.36. The molecule has 9 heavy (non-hydrogen) atoms. The largest absolute Gasteiger partial charge is 0.206 e. The molecule has 0 amide bonds. The molecule has 0 spiro atoms. The molecular weight excluding hydrogens is 142 g/mol. The summed E-state index contributed by atoms with van der Waals surface area (Å²) in [5, 5.41) is 0. The van der Waals surface area contributed by atoms with Crippen molar-refractivity contribution in [1.82, 2.24) is 0 Å². The summed E-state index contributed by atoms with van der Waals surface area (Å²) in [5.74, 6) is -1.25. The Balaban J connectivity index is 3.25. The van der Waals surface area contributed by atoms with Crippen LogP contribution in [0.15, 0.2) is 23.1 Å². The molecule has 0 aliphatic rings. The molecule has 0 saturated heterocycles. The maximum Gasteiger partial charge on any atom is 0.139 e. The van der Waals surface area contributed by atoms with Crippen molar-refractivity contribution >= 4 is 12.6 Å². The lowest BCUT2D eigenvalue weighted by Gasteiger charge is -1.93. The van der Waals surface area contributed by atoms with E-state index in [1.54, 1.807) is 0 Å². The molecule has 48 valence electrons. The number of rotatable bonds is 0. The lowest BCUT2D eigenvalue weighted by atomic mass is 10.3. The number of thiol groups is 1. The number of halogens is 2. The van der Waals surface area contributed by atoms with Crippen LogP contribution >= 0.6 is 12.6 Å². The molecule has 1 aromatic rings. The Morgan fingerprint density at radius 3 is 1.89 bits per heavy atom. The molecule has 0 fully saturated rings. The highest BCUT2D eigenvalue weighted by Crippen LogP contribution is 2.14. The Morgan fingerprint density at radius 2 is 1.56 bits per heavy atom. The Labute approximate surface area is 56.9 Å². The van der Waals surface area contributed by atoms with Crippen LogP contribution in [0.1, 0.15) is 0 Å². The van der Waals surface area contributed by atoms with Crippen molar-refractivity contribution in [3.05, 3.63) is 29.8 Å². The SMILES string of the molecule is Fc1cccc(F)c1S. The average molecular weight is 146 g/mol. The van der Waals surface area contributed by atoms with Crippen molar-refractivity contribution in [3.8, 4) is 0 Å². The molecule has 0 N–H and O–H groups in total. The summed E-state index contributed by atoms with van der Waals surface area (Å²) in [5.41, 5.74) is 0. The van der Waals surface area contributed by atoms with Crippen molar-refractivity contribution in [2.75, 3.05) is 0 Å². The van der Waals surface area contributed by atoms with Gasteiger partial charge in [-0.1, -0.05) is 6.07 Å². The lowest BCUT2D eigenvalue weighted by Crippen LogP contribution is -1.81. The fourth-order valence-electron chi connectivity index (χ4n) is 0.489. The van der Waals surface area contributed by atoms with Gasteiger partial charge >= 0.3 is 0 Å². The summed E-state index contributed by atoms with van der Waals surface area (Å²) in [6, 6.07) is 3.61. The van der Waals surface area contributed by atoms with Crippen LogP contribution in [0.2, 0.25) is 0 Å². The molecule has 1 aromatic carbocycles. The zero-order valence-electron chi connectivity index (χ0n) is 4.44. The Bertz CT molecular complexity index is 202. The van der Waals surface area contributed by atoms with E-state index >= 15 is 0 Å². The van der Waals surface area contributed by atoms with Gasteiger partial charge in [-0.05, 0) is 12.1 Å². The Morgan fingerprint density at radius 1 is 1.11 bits per heavy atom. The Hall–Kier alpha value is -0.570. The van der Waals surface area contributed by atoms with Crippen molar-refractivity contribution in [2.45, 2.75) is 4.90 Å². The summed E-state index contributed by atoms with van der Waals surface area (Å²) in [6.45, 7) is 0. The van der Waals surface area contributed by atoms with Gasteiger partial charge in [0.15, 0.2) is 0 Å². The van der Waals surface area contributed by atoms with Gasteiger partial charge < -0.3 is 0 Å². The topological polar surface area (TPSA) is 0 Å². The second-order valence-corrected chi connectivity index (χ2v) is 2.02. The second kappa shape index (κ2) is 2.35. The molecule has 0 aliphatic heterocycles. The van der Waals surface area contributed by atoms with E-state index in [0.717, 1.165) is 12.1 Å². The van der Waals surface area contributed by atoms with E-state index in [9.17, 15) is 8.78 Å². The molecule has 0 unspecified atom stereocenters. The van der Waals surface area contributed by atoms with Crippen LogP contribution in [0.5, 0.6) is 0 Å². The van der Waals surface area contributed by atoms with Crippen molar-refractivity contribution < 1.29 is 8.78 Å². The smallest absolute Gasteiger partial charge is 0.139 e. The van der Waals surface area contributed by atoms with Gasteiger partial charge in [-0.15, -0.1) is 12.6 Å². The van der Waals surface area contributed by atoms with Gasteiger partial charge in [0.1, 0.15) is 11.6 Å². The molecule has 0 aromatic heterocycles. The van der Waals surface area contributed by atoms with E-state index in [2.05, 4.69) is 12.6 Å². The van der Waals surface area contributed by atoms with Crippen LogP contribution in [0, 0.1) is 11.6 Å². The molecule has 0 aliphatic carbocycles. The minimum absolute atomic E-state index is 0.225. The summed E-state index contributed by atoms with van der Waals surface area (Å²) < 4.78 is 24.5. The molecule has 0 saturated carbocycles. The molecule has 0 atom stereocenters. The van der Waals surface area contributed by atoms with Gasteiger partial charge in [0.2, 0.25) is 0 Å². The van der Waals surface area contributed by atoms with E-state index in [1.807, 2.05) is 0 Å². The summed E-state index contributed by atoms with van der Waals surface area (Å²) in [4.78, 5) is -0.225. The van der Waals surface area contributed by atoms with Gasteiger partial charge in [-0.3, -0.25) is 0 Å². The first-order valence-electron chi connectivity index (χ1n) is 2.35. The van der Waals surface area contributed by atoms with Crippen LogP contribution in [0.25, 0.3) is 0 Å². The van der Waals surface area contributed by atoms with Gasteiger partial charge in [0.25, 0.3) is 0 Å². The summed E-state index contributed by atoms with van der Waals surface area (Å²) in [7, 11) is 0. The normalized spacial score (nSPS) is 9.67. The number of hydrogen-bond donors (Lipinski definition) is 1. The molecule has 0 bridgehead atoms. The van der Waals surface area contributed by atoms with Gasteiger partial charge in [-0.2, -0.15) is 0 Å². The van der Waals surface area contributed by atoms with Crippen LogP contribution in [-0.2, 0) is 0 Å². The third-order valence-electron chi connectivity index (χ3n) is 0.938. The standard InChI is InChI=1S/C6H4F2S/c7-4-2-1-3-5(8)6(4)9/h1-3,9H. The van der Waals surface area contributed by atoms with Crippen molar-refractivity contribution in [1.29, 1.82) is 0 Å². The third kappa shape index (κ3) is 1.21. The molecule has 0 nitrogen and oxygen atoms in total. The van der Waals surface area contributed by atoms with Gasteiger partial charge in [0.05, 0.1) is 4.90 Å². The molecule has 3 heteroatoms. The fourth-order valence-corrected chi connectivity index (χ4v) is 0.638. The number of hydrogen-bond acceptors (Lipinski definition) is 1. The lowest BCUT2D eigenvalue weighted by molar-refractivity contribution is 0.541. The van der Waals surface area contributed by atoms with E-state index in [0.29, 0.717) is 0 Å². The first kappa shape index (κ1) is 6.55. The maximum atomic E-state index is 12.3. The highest BCUT2D eigenvalue weighted by atomic mass is 32.1. The van der Waals surface area contributed by atoms with Crippen LogP contribution < -0.4 is 0 Å². The van der Waals surface area contributed by atoms with Gasteiger partial charge in [0, 0.05) is 0 Å². The number of benzene rings is 1. The minimum atomic E-state index is -0.627. The fraction of sp³-hybridized carbons (Fsp3) is 0. The van der Waals surface area contributed by atoms with E-state index in [1.165, 1.54) is 6.07 Å². The predicted octanol–water partition coefficient (Wildman–Crippen LogP) is 2.25. The quantitative estimate of drug-likeness (QED) is 0.533. The van der Waals surface area contributed by atoms with E-state index in [-0.39, 0.29) is 4.90 Å². The second-order valence-electron chi connectivity index (χ2n) is 1.57. The average Bonchev–Trinajstić information content (AvgIpc) is 1.83. The van der Waals surface area contributed by atoms with Crippen molar-refractivity contribution in [3.63, 3.8) is 0 Å². The molecular formula is C6H4F2S. The molecule has 0 heterocycles. The van der Waals surface area contributed by atoms with E-state index in [4.69, 9.17) is 0 Å². The first-order chi connectivity index (χ1) is 4.22. The summed E-state index contributed by atoms with van der Waals surface area (Å²) >= 11 is 3.56. The predicted molar refractivity (Wildman–Crippen MR) is 33.6 cm³/mol. The minimum Gasteiger partial charge on any atom is -0.206 e. The monoisotopic (exact) mass is 146 g/mol. The van der Waals surface area contributed by atoms with Crippen molar-refractivity contribution in [2.24, 2.45) is 0 Å². The molecule has 0 radical (unpaired) electrons. The summed E-state index contributed by atoms with van der Waals surface area (Å²) in [6.07, 6.45) is 0. The van der Waals surface area contributed by atoms with Crippen LogP contribution in [0.3, 0.4) is 0 Å². The maximum absolute atomic E-state index is 12.3. The zero-order valence-corrected chi connectivity index (χ0v) is 5.33. The first-order valence-corrected chi connectivity index (χ1v) is 2.79. The van der Waals surface area contributed by atoms with E-state index < -0.39 is 11.6 Å². The van der Waals surface area contributed by atoms with Crippen LogP contribution in [0.4, 0.5) is 8.78 Å². The highest BCUT2D eigenvalue weighted by molar-refractivity contribution is 7.80. The highest BCUT2D eigenvalue weighted by Gasteiger charge is 2.00. The Kier molecular flexibility index (Phi) is 1.71. The molecule has 1 rings (SSSR count). The van der Waals surface area contributed by atoms with Gasteiger partial charge in [-0.25, -0.2) is 8.78 Å².